The second kappa shape index (κ2) is 9.64. The van der Waals surface area contributed by atoms with Gasteiger partial charge in [-0.15, -0.1) is 0 Å². The lowest BCUT2D eigenvalue weighted by atomic mass is 10.0. The molecular weight excluding hydrogens is 397 g/mol. The van der Waals surface area contributed by atoms with Gasteiger partial charge >= 0.3 is 0 Å². The SMILES string of the molecule is COc1ccc(CC(=O)N2CC[C@H](c3cc(CCOc4cccc(F)c4)[nH]n3)C2)cc1. The van der Waals surface area contributed by atoms with Crippen LogP contribution in [0.25, 0.3) is 0 Å². The fourth-order valence-electron chi connectivity index (χ4n) is 3.81. The molecule has 31 heavy (non-hydrogen) atoms. The average molecular weight is 423 g/mol. The Kier molecular flexibility index (Phi) is 6.50. The summed E-state index contributed by atoms with van der Waals surface area (Å²) in [5.41, 5.74) is 2.92. The Hall–Kier alpha value is -3.35. The van der Waals surface area contributed by atoms with Crippen molar-refractivity contribution in [1.82, 2.24) is 15.1 Å². The molecule has 2 heterocycles. The van der Waals surface area contributed by atoms with E-state index in [1.165, 1.54) is 12.1 Å². The lowest BCUT2D eigenvalue weighted by Gasteiger charge is -2.16. The van der Waals surface area contributed by atoms with E-state index in [9.17, 15) is 9.18 Å². The van der Waals surface area contributed by atoms with Crippen molar-refractivity contribution in [1.29, 1.82) is 0 Å². The molecule has 1 aromatic heterocycles. The first kappa shape index (κ1) is 20.9. The third kappa shape index (κ3) is 5.42. The number of amides is 1. The fraction of sp³-hybridized carbons (Fsp3) is 0.333. The maximum Gasteiger partial charge on any atom is 0.227 e. The normalized spacial score (nSPS) is 15.8. The van der Waals surface area contributed by atoms with Crippen LogP contribution in [0.5, 0.6) is 11.5 Å². The predicted octanol–water partition coefficient (Wildman–Crippen LogP) is 3.74. The van der Waals surface area contributed by atoms with Crippen molar-refractivity contribution in [3.63, 3.8) is 0 Å². The van der Waals surface area contributed by atoms with Gasteiger partial charge in [0.25, 0.3) is 0 Å². The van der Waals surface area contributed by atoms with Gasteiger partial charge in [-0.3, -0.25) is 9.89 Å². The van der Waals surface area contributed by atoms with E-state index in [4.69, 9.17) is 9.47 Å². The molecule has 0 saturated carbocycles. The lowest BCUT2D eigenvalue weighted by molar-refractivity contribution is -0.129. The van der Waals surface area contributed by atoms with Crippen molar-refractivity contribution in [3.05, 3.63) is 77.4 Å². The number of aromatic nitrogens is 2. The first-order valence-electron chi connectivity index (χ1n) is 10.4. The summed E-state index contributed by atoms with van der Waals surface area (Å²) >= 11 is 0. The highest BCUT2D eigenvalue weighted by Crippen LogP contribution is 2.27. The van der Waals surface area contributed by atoms with Crippen molar-refractivity contribution < 1.29 is 18.7 Å². The Labute approximate surface area is 181 Å². The topological polar surface area (TPSA) is 67.4 Å². The summed E-state index contributed by atoms with van der Waals surface area (Å²) in [6, 6.07) is 15.8. The van der Waals surface area contributed by atoms with Crippen LogP contribution in [-0.4, -0.2) is 47.8 Å². The van der Waals surface area contributed by atoms with Crippen LogP contribution in [0.15, 0.2) is 54.6 Å². The van der Waals surface area contributed by atoms with Gasteiger partial charge < -0.3 is 14.4 Å². The molecule has 0 unspecified atom stereocenters. The van der Waals surface area contributed by atoms with Gasteiger partial charge in [0.05, 0.1) is 25.8 Å². The molecule has 1 fully saturated rings. The summed E-state index contributed by atoms with van der Waals surface area (Å²) < 4.78 is 24.0. The monoisotopic (exact) mass is 423 g/mol. The zero-order valence-electron chi connectivity index (χ0n) is 17.5. The third-order valence-electron chi connectivity index (χ3n) is 5.56. The lowest BCUT2D eigenvalue weighted by Crippen LogP contribution is -2.29. The van der Waals surface area contributed by atoms with Crippen LogP contribution in [0, 0.1) is 5.82 Å². The molecule has 0 radical (unpaired) electrons. The van der Waals surface area contributed by atoms with Crippen molar-refractivity contribution in [3.8, 4) is 11.5 Å². The number of benzene rings is 2. The first-order valence-corrected chi connectivity index (χ1v) is 10.4. The summed E-state index contributed by atoms with van der Waals surface area (Å²) in [6.07, 6.45) is 1.94. The number of rotatable bonds is 8. The third-order valence-corrected chi connectivity index (χ3v) is 5.56. The van der Waals surface area contributed by atoms with Gasteiger partial charge in [0.2, 0.25) is 5.91 Å². The van der Waals surface area contributed by atoms with Crippen LogP contribution < -0.4 is 9.47 Å². The van der Waals surface area contributed by atoms with Crippen LogP contribution in [-0.2, 0) is 17.6 Å². The van der Waals surface area contributed by atoms with Gasteiger partial charge in [-0.05, 0) is 42.3 Å². The van der Waals surface area contributed by atoms with Gasteiger partial charge in [0, 0.05) is 37.2 Å². The van der Waals surface area contributed by atoms with Crippen molar-refractivity contribution in [2.24, 2.45) is 0 Å². The van der Waals surface area contributed by atoms with Gasteiger partial charge in [0.15, 0.2) is 0 Å². The second-order valence-corrected chi connectivity index (χ2v) is 7.72. The number of aromatic amines is 1. The molecule has 1 amide bonds. The summed E-state index contributed by atoms with van der Waals surface area (Å²) in [4.78, 5) is 14.6. The molecule has 0 spiro atoms. The summed E-state index contributed by atoms with van der Waals surface area (Å²) in [6.45, 7) is 1.85. The van der Waals surface area contributed by atoms with Crippen LogP contribution in [0.3, 0.4) is 0 Å². The highest BCUT2D eigenvalue weighted by atomic mass is 19.1. The molecule has 1 atom stereocenters. The second-order valence-electron chi connectivity index (χ2n) is 7.72. The Morgan fingerprint density at radius 1 is 1.19 bits per heavy atom. The number of nitrogens with zero attached hydrogens (tertiary/aromatic N) is 2. The van der Waals surface area contributed by atoms with Crippen molar-refractivity contribution >= 4 is 5.91 Å². The number of carbonyl (C=O) groups excluding carboxylic acids is 1. The quantitative estimate of drug-likeness (QED) is 0.599. The minimum Gasteiger partial charge on any atom is -0.497 e. The van der Waals surface area contributed by atoms with E-state index < -0.39 is 0 Å². The number of halogens is 1. The van der Waals surface area contributed by atoms with E-state index in [0.29, 0.717) is 31.7 Å². The summed E-state index contributed by atoms with van der Waals surface area (Å²) in [5, 5.41) is 7.50. The van der Waals surface area contributed by atoms with Gasteiger partial charge in [-0.2, -0.15) is 5.10 Å². The van der Waals surface area contributed by atoms with Gasteiger partial charge in [-0.1, -0.05) is 18.2 Å². The van der Waals surface area contributed by atoms with E-state index in [1.54, 1.807) is 19.2 Å². The van der Waals surface area contributed by atoms with Crippen molar-refractivity contribution in [2.45, 2.75) is 25.2 Å². The smallest absolute Gasteiger partial charge is 0.227 e. The molecule has 2 aromatic carbocycles. The zero-order chi connectivity index (χ0) is 21.6. The van der Waals surface area contributed by atoms with E-state index >= 15 is 0 Å². The Bertz CT molecular complexity index is 1020. The Morgan fingerprint density at radius 2 is 2.03 bits per heavy atom. The molecule has 1 aliphatic heterocycles. The number of ether oxygens (including phenoxy) is 2. The molecule has 4 rings (SSSR count). The average Bonchev–Trinajstić information content (AvgIpc) is 3.44. The highest BCUT2D eigenvalue weighted by Gasteiger charge is 2.28. The maximum atomic E-state index is 13.2. The van der Waals surface area contributed by atoms with Crippen molar-refractivity contribution in [2.75, 3.05) is 26.8 Å². The first-order chi connectivity index (χ1) is 15.1. The molecule has 0 bridgehead atoms. The molecule has 6 nitrogen and oxygen atoms in total. The maximum absolute atomic E-state index is 13.2. The standard InChI is InChI=1S/C24H26FN3O3/c1-30-21-7-5-17(6-8-21)13-24(29)28-11-9-18(16-28)23-15-20(26-27-23)10-12-31-22-4-2-3-19(25)14-22/h2-8,14-15,18H,9-13,16H2,1H3,(H,26,27)/t18-/m0/s1. The Balaban J connectivity index is 1.26. The van der Waals surface area contributed by atoms with Gasteiger partial charge in [-0.25, -0.2) is 4.39 Å². The van der Waals surface area contributed by atoms with Crippen LogP contribution in [0.1, 0.15) is 29.3 Å². The van der Waals surface area contributed by atoms with Crippen LogP contribution in [0.4, 0.5) is 4.39 Å². The number of hydrogen-bond donors (Lipinski definition) is 1. The highest BCUT2D eigenvalue weighted by molar-refractivity contribution is 5.79. The largest absolute Gasteiger partial charge is 0.497 e. The number of carbonyl (C=O) groups is 1. The summed E-state index contributed by atoms with van der Waals surface area (Å²) in [5.74, 6) is 1.35. The van der Waals surface area contributed by atoms with E-state index in [2.05, 4.69) is 10.2 Å². The number of methoxy groups -OCH3 is 1. The zero-order valence-corrected chi connectivity index (χ0v) is 17.5. The molecule has 3 aromatic rings. The molecule has 1 N–H and O–H groups in total. The predicted molar refractivity (Wildman–Crippen MR) is 115 cm³/mol. The summed E-state index contributed by atoms with van der Waals surface area (Å²) in [7, 11) is 1.63. The van der Waals surface area contributed by atoms with Crippen LogP contribution in [0.2, 0.25) is 0 Å². The minimum absolute atomic E-state index is 0.131. The number of H-pyrrole nitrogens is 1. The molecule has 7 heteroatoms. The van der Waals surface area contributed by atoms with E-state index in [1.807, 2.05) is 35.2 Å². The fourth-order valence-corrected chi connectivity index (χ4v) is 3.81. The number of likely N-dealkylation sites (tertiary alicyclic amines) is 1. The molecule has 1 saturated heterocycles. The van der Waals surface area contributed by atoms with Crippen LogP contribution >= 0.6 is 0 Å². The Morgan fingerprint density at radius 3 is 2.81 bits per heavy atom. The van der Waals surface area contributed by atoms with E-state index in [0.717, 1.165) is 35.7 Å². The molecule has 0 aliphatic carbocycles. The molecule has 1 aliphatic rings. The number of hydrogen-bond acceptors (Lipinski definition) is 4. The van der Waals surface area contributed by atoms with Gasteiger partial charge in [0.1, 0.15) is 17.3 Å². The minimum atomic E-state index is -0.311. The van der Waals surface area contributed by atoms with E-state index in [-0.39, 0.29) is 17.6 Å². The molecule has 162 valence electrons. The molecular formula is C24H26FN3O3. The number of nitrogens with one attached hydrogen (secondary N) is 1.